The van der Waals surface area contributed by atoms with Crippen molar-refractivity contribution in [2.75, 3.05) is 36.9 Å². The molecule has 1 saturated heterocycles. The predicted octanol–water partition coefficient (Wildman–Crippen LogP) is 4.22. The van der Waals surface area contributed by atoms with Crippen molar-refractivity contribution in [3.05, 3.63) is 59.8 Å². The first-order chi connectivity index (χ1) is 16.0. The van der Waals surface area contributed by atoms with E-state index in [1.54, 1.807) is 35.1 Å². The van der Waals surface area contributed by atoms with Crippen LogP contribution < -0.4 is 15.4 Å². The first-order valence-electron chi connectivity index (χ1n) is 11.0. The number of hydrogen-bond donors (Lipinski definition) is 3. The quantitative estimate of drug-likeness (QED) is 0.482. The first-order valence-corrected chi connectivity index (χ1v) is 11.3. The molecule has 0 spiro atoms. The zero-order valence-electron chi connectivity index (χ0n) is 18.5. The number of nitrogens with zero attached hydrogens (tertiary/aromatic N) is 3. The van der Waals surface area contributed by atoms with E-state index in [1.807, 2.05) is 31.3 Å². The van der Waals surface area contributed by atoms with E-state index >= 15 is 0 Å². The Balaban J connectivity index is 1.44. The van der Waals surface area contributed by atoms with Crippen molar-refractivity contribution in [3.63, 3.8) is 0 Å². The summed E-state index contributed by atoms with van der Waals surface area (Å²) in [7, 11) is 1.87. The summed E-state index contributed by atoms with van der Waals surface area (Å²) in [4.78, 5) is 14.8. The lowest BCUT2D eigenvalue weighted by Crippen LogP contribution is -2.38. The van der Waals surface area contributed by atoms with Crippen LogP contribution in [0, 0.1) is 0 Å². The van der Waals surface area contributed by atoms with Crippen molar-refractivity contribution in [1.29, 1.82) is 0 Å². The standard InChI is InChI=1S/C24H28ClN5O3/c1-29-22(8-11-26-29)21-16-19(28-24(32)27-18-4-2-17(25)3-5-18)6-7-23(21)33-15-14-30-12-9-20(31)10-13-30/h2-8,11,16,20,31H,9-10,12-15H2,1H3,(H2,27,28,32). The minimum atomic E-state index is -0.353. The number of aromatic nitrogens is 2. The summed E-state index contributed by atoms with van der Waals surface area (Å²) in [5.41, 5.74) is 3.00. The van der Waals surface area contributed by atoms with Crippen LogP contribution in [-0.2, 0) is 7.05 Å². The maximum absolute atomic E-state index is 12.5. The molecule has 0 aliphatic carbocycles. The molecule has 3 N–H and O–H groups in total. The molecule has 3 aromatic rings. The molecular formula is C24H28ClN5O3. The lowest BCUT2D eigenvalue weighted by atomic mass is 10.1. The van der Waals surface area contributed by atoms with Gasteiger partial charge in [-0.1, -0.05) is 11.6 Å². The van der Waals surface area contributed by atoms with Crippen LogP contribution >= 0.6 is 11.6 Å². The molecule has 1 aliphatic rings. The van der Waals surface area contributed by atoms with E-state index in [9.17, 15) is 9.90 Å². The number of anilines is 2. The monoisotopic (exact) mass is 469 g/mol. The number of urea groups is 1. The van der Waals surface area contributed by atoms with Crippen LogP contribution in [0.25, 0.3) is 11.3 Å². The van der Waals surface area contributed by atoms with Gasteiger partial charge in [-0.2, -0.15) is 5.10 Å². The number of aliphatic hydroxyl groups excluding tert-OH is 1. The highest BCUT2D eigenvalue weighted by Gasteiger charge is 2.17. The van der Waals surface area contributed by atoms with Gasteiger partial charge in [0.25, 0.3) is 0 Å². The van der Waals surface area contributed by atoms with Crippen LogP contribution in [0.1, 0.15) is 12.8 Å². The fraction of sp³-hybridized carbons (Fsp3) is 0.333. The summed E-state index contributed by atoms with van der Waals surface area (Å²) in [6.45, 7) is 3.08. The Kier molecular flexibility index (Phi) is 7.49. The van der Waals surface area contributed by atoms with Gasteiger partial charge >= 0.3 is 6.03 Å². The number of ether oxygens (including phenoxy) is 1. The zero-order valence-corrected chi connectivity index (χ0v) is 19.3. The largest absolute Gasteiger partial charge is 0.492 e. The van der Waals surface area contributed by atoms with E-state index in [0.29, 0.717) is 23.0 Å². The van der Waals surface area contributed by atoms with E-state index in [-0.39, 0.29) is 12.1 Å². The summed E-state index contributed by atoms with van der Waals surface area (Å²) in [6.07, 6.45) is 3.15. The van der Waals surface area contributed by atoms with Crippen molar-refractivity contribution in [2.45, 2.75) is 18.9 Å². The lowest BCUT2D eigenvalue weighted by Gasteiger charge is -2.29. The van der Waals surface area contributed by atoms with E-state index in [2.05, 4.69) is 20.6 Å². The molecule has 0 unspecified atom stereocenters. The van der Waals surface area contributed by atoms with Crippen molar-refractivity contribution in [2.24, 2.45) is 7.05 Å². The van der Waals surface area contributed by atoms with Crippen molar-refractivity contribution in [1.82, 2.24) is 14.7 Å². The molecule has 1 fully saturated rings. The van der Waals surface area contributed by atoms with Gasteiger partial charge in [0.05, 0.1) is 11.8 Å². The van der Waals surface area contributed by atoms with Gasteiger partial charge in [-0.25, -0.2) is 4.79 Å². The molecular weight excluding hydrogens is 442 g/mol. The average Bonchev–Trinajstić information content (AvgIpc) is 3.23. The summed E-state index contributed by atoms with van der Waals surface area (Å²) in [5.74, 6) is 0.722. The Morgan fingerprint density at radius 1 is 1.12 bits per heavy atom. The summed E-state index contributed by atoms with van der Waals surface area (Å²) >= 11 is 5.90. The molecule has 1 aromatic heterocycles. The highest BCUT2D eigenvalue weighted by atomic mass is 35.5. The molecule has 2 heterocycles. The van der Waals surface area contributed by atoms with Gasteiger partial charge in [-0.3, -0.25) is 9.58 Å². The average molecular weight is 470 g/mol. The molecule has 1 aliphatic heterocycles. The zero-order chi connectivity index (χ0) is 23.2. The van der Waals surface area contributed by atoms with Gasteiger partial charge in [0.1, 0.15) is 12.4 Å². The first kappa shape index (κ1) is 23.1. The molecule has 0 bridgehead atoms. The molecule has 2 aromatic carbocycles. The van der Waals surface area contributed by atoms with Crippen LogP contribution in [0.2, 0.25) is 5.02 Å². The number of aryl methyl sites for hydroxylation is 1. The molecule has 33 heavy (non-hydrogen) atoms. The Morgan fingerprint density at radius 3 is 2.52 bits per heavy atom. The highest BCUT2D eigenvalue weighted by Crippen LogP contribution is 2.32. The topological polar surface area (TPSA) is 91.7 Å². The van der Waals surface area contributed by atoms with Gasteiger partial charge in [-0.15, -0.1) is 0 Å². The maximum atomic E-state index is 12.5. The fourth-order valence-electron chi connectivity index (χ4n) is 3.83. The Morgan fingerprint density at radius 2 is 1.82 bits per heavy atom. The van der Waals surface area contributed by atoms with Crippen LogP contribution in [0.3, 0.4) is 0 Å². The molecule has 8 nitrogen and oxygen atoms in total. The number of benzene rings is 2. The summed E-state index contributed by atoms with van der Waals surface area (Å²) in [5, 5.41) is 20.2. The number of carbonyl (C=O) groups excluding carboxylic acids is 1. The number of nitrogens with one attached hydrogen (secondary N) is 2. The van der Waals surface area contributed by atoms with Gasteiger partial charge in [-0.05, 0) is 61.4 Å². The molecule has 4 rings (SSSR count). The number of amides is 2. The van der Waals surface area contributed by atoms with Crippen LogP contribution in [0.4, 0.5) is 16.2 Å². The minimum Gasteiger partial charge on any atom is -0.492 e. The Hall–Kier alpha value is -3.07. The second-order valence-corrected chi connectivity index (χ2v) is 8.49. The molecule has 2 amide bonds. The van der Waals surface area contributed by atoms with Crippen LogP contribution in [0.5, 0.6) is 5.75 Å². The number of halogens is 1. The maximum Gasteiger partial charge on any atom is 0.323 e. The lowest BCUT2D eigenvalue weighted by molar-refractivity contribution is 0.0755. The van der Waals surface area contributed by atoms with E-state index in [0.717, 1.165) is 49.5 Å². The highest BCUT2D eigenvalue weighted by molar-refractivity contribution is 6.30. The third-order valence-corrected chi connectivity index (χ3v) is 5.91. The number of hydrogen-bond acceptors (Lipinski definition) is 5. The van der Waals surface area contributed by atoms with E-state index in [1.165, 1.54) is 0 Å². The van der Waals surface area contributed by atoms with E-state index < -0.39 is 0 Å². The number of rotatable bonds is 7. The second kappa shape index (κ2) is 10.7. The van der Waals surface area contributed by atoms with Gasteiger partial charge < -0.3 is 20.5 Å². The van der Waals surface area contributed by atoms with Crippen LogP contribution in [-0.4, -0.2) is 58.2 Å². The third-order valence-electron chi connectivity index (χ3n) is 5.66. The van der Waals surface area contributed by atoms with Crippen molar-refractivity contribution in [3.8, 4) is 17.0 Å². The number of likely N-dealkylation sites (tertiary alicyclic amines) is 1. The van der Waals surface area contributed by atoms with Crippen molar-refractivity contribution >= 4 is 29.0 Å². The summed E-state index contributed by atoms with van der Waals surface area (Å²) < 4.78 is 7.90. The van der Waals surface area contributed by atoms with Gasteiger partial charge in [0, 0.05) is 54.8 Å². The molecule has 0 radical (unpaired) electrons. The fourth-order valence-corrected chi connectivity index (χ4v) is 3.95. The Bertz CT molecular complexity index is 1080. The molecule has 9 heteroatoms. The second-order valence-electron chi connectivity index (χ2n) is 8.06. The smallest absolute Gasteiger partial charge is 0.323 e. The normalized spacial score (nSPS) is 14.8. The number of carbonyl (C=O) groups is 1. The van der Waals surface area contributed by atoms with Crippen LogP contribution in [0.15, 0.2) is 54.7 Å². The molecule has 174 valence electrons. The molecule has 0 saturated carbocycles. The Labute approximate surface area is 198 Å². The minimum absolute atomic E-state index is 0.185. The molecule has 0 atom stereocenters. The van der Waals surface area contributed by atoms with Gasteiger partial charge in [0.15, 0.2) is 0 Å². The third kappa shape index (κ3) is 6.25. The number of piperidine rings is 1. The van der Waals surface area contributed by atoms with E-state index in [4.69, 9.17) is 16.3 Å². The predicted molar refractivity (Wildman–Crippen MR) is 130 cm³/mol. The number of aliphatic hydroxyl groups is 1. The van der Waals surface area contributed by atoms with Gasteiger partial charge in [0.2, 0.25) is 0 Å². The van der Waals surface area contributed by atoms with Crippen molar-refractivity contribution < 1.29 is 14.6 Å². The SMILES string of the molecule is Cn1nccc1-c1cc(NC(=O)Nc2ccc(Cl)cc2)ccc1OCCN1CCC(O)CC1. The summed E-state index contributed by atoms with van der Waals surface area (Å²) in [6, 6.07) is 14.0.